The van der Waals surface area contributed by atoms with Crippen molar-refractivity contribution in [3.05, 3.63) is 11.8 Å². The minimum atomic E-state index is 0.851. The average Bonchev–Trinajstić information content (AvgIpc) is 2.64. The van der Waals surface area contributed by atoms with Gasteiger partial charge in [-0.05, 0) is 13.5 Å². The van der Waals surface area contributed by atoms with Crippen molar-refractivity contribution in [3.63, 3.8) is 0 Å². The first-order valence-electron chi connectivity index (χ1n) is 5.48. The Balaban J connectivity index is 0.000000791. The topological polar surface area (TPSA) is 41.6 Å². The van der Waals surface area contributed by atoms with Gasteiger partial charge in [0, 0.05) is 31.4 Å². The Morgan fingerprint density at radius 2 is 2.00 bits per heavy atom. The van der Waals surface area contributed by atoms with Crippen LogP contribution in [0.25, 0.3) is 0 Å². The molecule has 0 aliphatic carbocycles. The van der Waals surface area contributed by atoms with E-state index in [1.54, 1.807) is 6.20 Å². The molecule has 0 aromatic rings. The molecule has 1 aliphatic heterocycles. The van der Waals surface area contributed by atoms with Crippen molar-refractivity contribution >= 4 is 5.71 Å². The molecule has 0 aromatic carbocycles. The van der Waals surface area contributed by atoms with Crippen LogP contribution in [0.1, 0.15) is 27.7 Å². The largest absolute Gasteiger partial charge is 0.404 e. The Bertz CT molecular complexity index is 207. The first-order chi connectivity index (χ1) is 6.81. The quantitative estimate of drug-likeness (QED) is 0.731. The fourth-order valence-electron chi connectivity index (χ4n) is 1.42. The van der Waals surface area contributed by atoms with Gasteiger partial charge in [-0.2, -0.15) is 0 Å². The third-order valence-electron chi connectivity index (χ3n) is 2.14. The van der Waals surface area contributed by atoms with Gasteiger partial charge >= 0.3 is 0 Å². The minimum absolute atomic E-state index is 0.851. The molecule has 1 aliphatic rings. The molecule has 1 heterocycles. The van der Waals surface area contributed by atoms with Gasteiger partial charge < -0.3 is 5.73 Å². The highest BCUT2D eigenvalue weighted by Gasteiger charge is 2.20. The summed E-state index contributed by atoms with van der Waals surface area (Å²) in [7, 11) is 0. The van der Waals surface area contributed by atoms with Crippen LogP contribution in [0, 0.1) is 0 Å². The van der Waals surface area contributed by atoms with E-state index in [2.05, 4.69) is 23.7 Å². The lowest BCUT2D eigenvalue weighted by Crippen LogP contribution is -2.19. The molecule has 0 bridgehead atoms. The lowest BCUT2D eigenvalue weighted by atomic mass is 10.2. The molecule has 0 amide bonds. The van der Waals surface area contributed by atoms with Gasteiger partial charge in [-0.15, -0.1) is 0 Å². The van der Waals surface area contributed by atoms with Crippen molar-refractivity contribution in [1.29, 1.82) is 0 Å². The summed E-state index contributed by atoms with van der Waals surface area (Å²) in [6.07, 6.45) is 1.68. The van der Waals surface area contributed by atoms with Crippen LogP contribution in [0.5, 0.6) is 0 Å². The molecule has 0 unspecified atom stereocenters. The van der Waals surface area contributed by atoms with E-state index in [1.807, 2.05) is 13.8 Å². The molecule has 0 radical (unpaired) electrons. The second-order valence-corrected chi connectivity index (χ2v) is 2.92. The van der Waals surface area contributed by atoms with Crippen LogP contribution in [0.3, 0.4) is 0 Å². The maximum absolute atomic E-state index is 5.50. The van der Waals surface area contributed by atoms with Gasteiger partial charge in [0.2, 0.25) is 0 Å². The number of aliphatic imine (C=N–C) groups is 1. The van der Waals surface area contributed by atoms with Crippen molar-refractivity contribution in [2.75, 3.05) is 26.2 Å². The summed E-state index contributed by atoms with van der Waals surface area (Å²) in [6, 6.07) is 0. The second-order valence-electron chi connectivity index (χ2n) is 2.92. The van der Waals surface area contributed by atoms with E-state index < -0.39 is 0 Å². The lowest BCUT2D eigenvalue weighted by molar-refractivity contribution is 0.382. The Kier molecular flexibility index (Phi) is 7.11. The molecular weight excluding hydrogens is 174 g/mol. The zero-order chi connectivity index (χ0) is 11.0. The Morgan fingerprint density at radius 3 is 2.43 bits per heavy atom. The Hall–Kier alpha value is -0.830. The van der Waals surface area contributed by atoms with Gasteiger partial charge in [0.05, 0.1) is 5.71 Å². The number of likely N-dealkylation sites (tertiary alicyclic amines) is 1. The van der Waals surface area contributed by atoms with Crippen LogP contribution in [-0.4, -0.2) is 36.8 Å². The first kappa shape index (κ1) is 13.2. The Labute approximate surface area is 87.7 Å². The summed E-state index contributed by atoms with van der Waals surface area (Å²) >= 11 is 0. The van der Waals surface area contributed by atoms with Crippen LogP contribution in [0.2, 0.25) is 0 Å². The monoisotopic (exact) mass is 197 g/mol. The highest BCUT2D eigenvalue weighted by molar-refractivity contribution is 6.03. The molecular formula is C11H23N3. The SMILES string of the molecule is CC.CCN=C1CN(CC)C/C1=C/N. The van der Waals surface area contributed by atoms with Gasteiger partial charge in [0.25, 0.3) is 0 Å². The summed E-state index contributed by atoms with van der Waals surface area (Å²) in [6.45, 7) is 12.1. The van der Waals surface area contributed by atoms with E-state index in [0.29, 0.717) is 0 Å². The van der Waals surface area contributed by atoms with Gasteiger partial charge in [0.15, 0.2) is 0 Å². The van der Waals surface area contributed by atoms with Crippen LogP contribution >= 0.6 is 0 Å². The summed E-state index contributed by atoms with van der Waals surface area (Å²) in [5.41, 5.74) is 7.86. The highest BCUT2D eigenvalue weighted by Crippen LogP contribution is 2.11. The minimum Gasteiger partial charge on any atom is -0.404 e. The molecule has 3 nitrogen and oxygen atoms in total. The zero-order valence-corrected chi connectivity index (χ0v) is 9.88. The second kappa shape index (κ2) is 7.56. The molecule has 0 atom stereocenters. The Morgan fingerprint density at radius 1 is 1.36 bits per heavy atom. The van der Waals surface area contributed by atoms with Crippen molar-refractivity contribution in [2.45, 2.75) is 27.7 Å². The molecule has 2 N–H and O–H groups in total. The number of likely N-dealkylation sites (N-methyl/N-ethyl adjacent to an activating group) is 1. The van der Waals surface area contributed by atoms with Crippen LogP contribution in [-0.2, 0) is 0 Å². The number of nitrogens with two attached hydrogens (primary N) is 1. The maximum Gasteiger partial charge on any atom is 0.0547 e. The van der Waals surface area contributed by atoms with E-state index >= 15 is 0 Å². The fraction of sp³-hybridized carbons (Fsp3) is 0.727. The third kappa shape index (κ3) is 3.50. The lowest BCUT2D eigenvalue weighted by Gasteiger charge is -2.07. The normalized spacial score (nSPS) is 22.6. The van der Waals surface area contributed by atoms with Crippen molar-refractivity contribution in [3.8, 4) is 0 Å². The molecule has 1 saturated heterocycles. The number of nitrogens with zero attached hydrogens (tertiary/aromatic N) is 2. The molecule has 0 saturated carbocycles. The summed E-state index contributed by atoms with van der Waals surface area (Å²) in [4.78, 5) is 6.73. The number of rotatable bonds is 2. The van der Waals surface area contributed by atoms with E-state index in [9.17, 15) is 0 Å². The van der Waals surface area contributed by atoms with Crippen LogP contribution in [0.4, 0.5) is 0 Å². The van der Waals surface area contributed by atoms with Crippen molar-refractivity contribution in [1.82, 2.24) is 4.90 Å². The molecule has 0 spiro atoms. The van der Waals surface area contributed by atoms with Gasteiger partial charge in [-0.3, -0.25) is 9.89 Å². The van der Waals surface area contributed by atoms with Crippen molar-refractivity contribution in [2.24, 2.45) is 10.7 Å². The van der Waals surface area contributed by atoms with E-state index in [1.165, 1.54) is 11.3 Å². The van der Waals surface area contributed by atoms with E-state index in [-0.39, 0.29) is 0 Å². The highest BCUT2D eigenvalue weighted by atomic mass is 15.2. The van der Waals surface area contributed by atoms with Gasteiger partial charge in [-0.25, -0.2) is 0 Å². The average molecular weight is 197 g/mol. The third-order valence-corrected chi connectivity index (χ3v) is 2.14. The standard InChI is InChI=1S/C9H17N3.C2H6/c1-3-11-9-7-12(4-2)6-8(9)5-10;1-2/h5H,3-4,6-7,10H2,1-2H3;1-2H3/b8-5-,11-9?;. The zero-order valence-electron chi connectivity index (χ0n) is 9.88. The van der Waals surface area contributed by atoms with Gasteiger partial charge in [0.1, 0.15) is 0 Å². The predicted molar refractivity (Wildman–Crippen MR) is 63.7 cm³/mol. The maximum atomic E-state index is 5.50. The molecule has 3 heteroatoms. The smallest absolute Gasteiger partial charge is 0.0547 e. The van der Waals surface area contributed by atoms with Crippen LogP contribution in [0.15, 0.2) is 16.8 Å². The van der Waals surface area contributed by atoms with Crippen LogP contribution < -0.4 is 5.73 Å². The molecule has 82 valence electrons. The van der Waals surface area contributed by atoms with E-state index in [0.717, 1.165) is 26.2 Å². The van der Waals surface area contributed by atoms with Gasteiger partial charge in [-0.1, -0.05) is 20.8 Å². The number of hydrogen-bond donors (Lipinski definition) is 1. The summed E-state index contributed by atoms with van der Waals surface area (Å²) in [5.74, 6) is 0. The summed E-state index contributed by atoms with van der Waals surface area (Å²) < 4.78 is 0. The van der Waals surface area contributed by atoms with Crippen molar-refractivity contribution < 1.29 is 0 Å². The molecule has 1 rings (SSSR count). The fourth-order valence-corrected chi connectivity index (χ4v) is 1.42. The number of hydrogen-bond acceptors (Lipinski definition) is 3. The predicted octanol–water partition coefficient (Wildman–Crippen LogP) is 1.65. The molecule has 0 aromatic heterocycles. The molecule has 14 heavy (non-hydrogen) atoms. The first-order valence-corrected chi connectivity index (χ1v) is 5.48. The molecule has 1 fully saturated rings. The van der Waals surface area contributed by atoms with E-state index in [4.69, 9.17) is 5.73 Å². The summed E-state index contributed by atoms with van der Waals surface area (Å²) in [5, 5.41) is 0.